The normalized spacial score (nSPS) is 12.4. The molecule has 96 valence electrons. The maximum absolute atomic E-state index is 6.37. The maximum Gasteiger partial charge on any atom is 0.124 e. The molecule has 2 rings (SSSR count). The molecule has 0 bridgehead atoms. The van der Waals surface area contributed by atoms with Crippen molar-refractivity contribution in [3.63, 3.8) is 0 Å². The highest BCUT2D eigenvalue weighted by molar-refractivity contribution is 9.10. The number of nitrogens with two attached hydrogens (primary N) is 1. The summed E-state index contributed by atoms with van der Waals surface area (Å²) in [6.45, 7) is 4.71. The molecule has 0 spiro atoms. The predicted octanol–water partition coefficient (Wildman–Crippen LogP) is 4.27. The van der Waals surface area contributed by atoms with E-state index >= 15 is 0 Å². The second-order valence-corrected chi connectivity index (χ2v) is 5.92. The van der Waals surface area contributed by atoms with E-state index in [0.717, 1.165) is 15.8 Å². The van der Waals surface area contributed by atoms with E-state index in [9.17, 15) is 0 Å². The summed E-state index contributed by atoms with van der Waals surface area (Å²) in [4.78, 5) is 1.19. The lowest BCUT2D eigenvalue weighted by atomic mass is 10.0. The molecule has 1 heterocycles. The summed E-state index contributed by atoms with van der Waals surface area (Å²) in [5.74, 6) is 0.862. The minimum absolute atomic E-state index is 0.135. The van der Waals surface area contributed by atoms with Gasteiger partial charge in [-0.2, -0.15) is 0 Å². The highest BCUT2D eigenvalue weighted by Gasteiger charge is 2.17. The SMILES string of the molecule is CCOc1ccc(Br)cc1C(N)c1sccc1C. The number of hydrogen-bond acceptors (Lipinski definition) is 3. The van der Waals surface area contributed by atoms with Gasteiger partial charge < -0.3 is 10.5 Å². The first-order chi connectivity index (χ1) is 8.63. The molecule has 0 saturated carbocycles. The van der Waals surface area contributed by atoms with Gasteiger partial charge in [-0.3, -0.25) is 0 Å². The number of hydrogen-bond donors (Lipinski definition) is 1. The van der Waals surface area contributed by atoms with E-state index in [0.29, 0.717) is 6.61 Å². The van der Waals surface area contributed by atoms with Gasteiger partial charge in [0.2, 0.25) is 0 Å². The van der Waals surface area contributed by atoms with Gasteiger partial charge in [-0.05, 0) is 49.1 Å². The molecule has 1 unspecified atom stereocenters. The summed E-state index contributed by atoms with van der Waals surface area (Å²) in [6, 6.07) is 7.94. The Bertz CT molecular complexity index is 538. The van der Waals surface area contributed by atoms with Gasteiger partial charge in [0.1, 0.15) is 5.75 Å². The van der Waals surface area contributed by atoms with Crippen molar-refractivity contribution in [2.45, 2.75) is 19.9 Å². The van der Waals surface area contributed by atoms with Crippen molar-refractivity contribution in [3.05, 3.63) is 50.1 Å². The van der Waals surface area contributed by atoms with Gasteiger partial charge in [-0.15, -0.1) is 11.3 Å². The van der Waals surface area contributed by atoms with Crippen molar-refractivity contribution in [2.24, 2.45) is 5.73 Å². The van der Waals surface area contributed by atoms with Crippen molar-refractivity contribution in [1.82, 2.24) is 0 Å². The minimum Gasteiger partial charge on any atom is -0.494 e. The summed E-state index contributed by atoms with van der Waals surface area (Å²) in [5.41, 5.74) is 8.63. The van der Waals surface area contributed by atoms with Crippen LogP contribution >= 0.6 is 27.3 Å². The monoisotopic (exact) mass is 325 g/mol. The third-order valence-corrected chi connectivity index (χ3v) is 4.39. The fourth-order valence-corrected chi connectivity index (χ4v) is 3.22. The lowest BCUT2D eigenvalue weighted by molar-refractivity contribution is 0.335. The number of thiophene rings is 1. The summed E-state index contributed by atoms with van der Waals surface area (Å²) >= 11 is 5.18. The van der Waals surface area contributed by atoms with Crippen LogP contribution < -0.4 is 10.5 Å². The van der Waals surface area contributed by atoms with E-state index in [1.54, 1.807) is 11.3 Å². The Morgan fingerprint density at radius 1 is 1.39 bits per heavy atom. The zero-order chi connectivity index (χ0) is 13.1. The molecular formula is C14H16BrNOS. The molecule has 0 saturated heterocycles. The molecule has 2 nitrogen and oxygen atoms in total. The molecular weight excluding hydrogens is 310 g/mol. The second kappa shape index (κ2) is 5.87. The number of benzene rings is 1. The van der Waals surface area contributed by atoms with Crippen LogP contribution in [0, 0.1) is 6.92 Å². The molecule has 1 atom stereocenters. The van der Waals surface area contributed by atoms with Crippen molar-refractivity contribution in [3.8, 4) is 5.75 Å². The van der Waals surface area contributed by atoms with Gasteiger partial charge >= 0.3 is 0 Å². The van der Waals surface area contributed by atoms with E-state index < -0.39 is 0 Å². The highest BCUT2D eigenvalue weighted by atomic mass is 79.9. The van der Waals surface area contributed by atoms with Gasteiger partial charge in [0.15, 0.2) is 0 Å². The van der Waals surface area contributed by atoms with Crippen LogP contribution in [-0.2, 0) is 0 Å². The quantitative estimate of drug-likeness (QED) is 0.911. The molecule has 0 aliphatic carbocycles. The van der Waals surface area contributed by atoms with Gasteiger partial charge in [-0.25, -0.2) is 0 Å². The predicted molar refractivity (Wildman–Crippen MR) is 80.4 cm³/mol. The van der Waals surface area contributed by atoms with E-state index in [1.165, 1.54) is 10.4 Å². The topological polar surface area (TPSA) is 35.2 Å². The number of ether oxygens (including phenoxy) is 1. The zero-order valence-electron chi connectivity index (χ0n) is 10.4. The zero-order valence-corrected chi connectivity index (χ0v) is 12.8. The van der Waals surface area contributed by atoms with Gasteiger partial charge in [-0.1, -0.05) is 15.9 Å². The lowest BCUT2D eigenvalue weighted by Crippen LogP contribution is -2.13. The molecule has 0 radical (unpaired) electrons. The summed E-state index contributed by atoms with van der Waals surface area (Å²) < 4.78 is 6.67. The lowest BCUT2D eigenvalue weighted by Gasteiger charge is -2.17. The van der Waals surface area contributed by atoms with Gasteiger partial charge in [0.05, 0.1) is 12.6 Å². The Morgan fingerprint density at radius 3 is 2.78 bits per heavy atom. The average Bonchev–Trinajstić information content (AvgIpc) is 2.77. The average molecular weight is 326 g/mol. The molecule has 2 aromatic rings. The number of rotatable bonds is 4. The van der Waals surface area contributed by atoms with E-state index in [4.69, 9.17) is 10.5 Å². The third kappa shape index (κ3) is 2.76. The number of halogens is 1. The molecule has 18 heavy (non-hydrogen) atoms. The molecule has 0 fully saturated rings. The smallest absolute Gasteiger partial charge is 0.124 e. The van der Waals surface area contributed by atoms with Crippen LogP contribution in [0.4, 0.5) is 0 Å². The van der Waals surface area contributed by atoms with Crippen molar-refractivity contribution in [2.75, 3.05) is 6.61 Å². The molecule has 0 aliphatic rings. The first-order valence-electron chi connectivity index (χ1n) is 5.85. The molecule has 2 N–H and O–H groups in total. The van der Waals surface area contributed by atoms with Crippen molar-refractivity contribution in [1.29, 1.82) is 0 Å². The fourth-order valence-electron chi connectivity index (χ4n) is 1.89. The van der Waals surface area contributed by atoms with Crippen molar-refractivity contribution < 1.29 is 4.74 Å². The first kappa shape index (κ1) is 13.6. The highest BCUT2D eigenvalue weighted by Crippen LogP contribution is 2.34. The third-order valence-electron chi connectivity index (χ3n) is 2.79. The van der Waals surface area contributed by atoms with Crippen molar-refractivity contribution >= 4 is 27.3 Å². The standard InChI is InChI=1S/C14H16BrNOS/c1-3-17-12-5-4-10(15)8-11(12)13(16)14-9(2)6-7-18-14/h4-8,13H,3,16H2,1-2H3. The van der Waals surface area contributed by atoms with Crippen LogP contribution in [0.3, 0.4) is 0 Å². The summed E-state index contributed by atoms with van der Waals surface area (Å²) in [6.07, 6.45) is 0. The number of aryl methyl sites for hydroxylation is 1. The van der Waals surface area contributed by atoms with Crippen LogP contribution in [0.5, 0.6) is 5.75 Å². The largest absolute Gasteiger partial charge is 0.494 e. The maximum atomic E-state index is 6.37. The summed E-state index contributed by atoms with van der Waals surface area (Å²) in [5, 5.41) is 2.07. The van der Waals surface area contributed by atoms with Crippen LogP contribution in [0.15, 0.2) is 34.1 Å². The first-order valence-corrected chi connectivity index (χ1v) is 7.52. The Labute approximate surface area is 120 Å². The van der Waals surface area contributed by atoms with Crippen LogP contribution in [-0.4, -0.2) is 6.61 Å². The second-order valence-electron chi connectivity index (χ2n) is 4.06. The van der Waals surface area contributed by atoms with Gasteiger partial charge in [0, 0.05) is 14.9 Å². The van der Waals surface area contributed by atoms with E-state index in [1.807, 2.05) is 25.1 Å². The van der Waals surface area contributed by atoms with E-state index in [2.05, 4.69) is 34.3 Å². The minimum atomic E-state index is -0.135. The Hall–Kier alpha value is -0.840. The molecule has 1 aromatic carbocycles. The van der Waals surface area contributed by atoms with E-state index in [-0.39, 0.29) is 6.04 Å². The Morgan fingerprint density at radius 2 is 2.17 bits per heavy atom. The molecule has 0 aliphatic heterocycles. The fraction of sp³-hybridized carbons (Fsp3) is 0.286. The Kier molecular flexibility index (Phi) is 4.43. The summed E-state index contributed by atoms with van der Waals surface area (Å²) in [7, 11) is 0. The molecule has 0 amide bonds. The van der Waals surface area contributed by atoms with Crippen LogP contribution in [0.25, 0.3) is 0 Å². The van der Waals surface area contributed by atoms with Crippen LogP contribution in [0.1, 0.15) is 29.0 Å². The molecule has 4 heteroatoms. The Balaban J connectivity index is 2.43. The van der Waals surface area contributed by atoms with Crippen LogP contribution in [0.2, 0.25) is 0 Å². The van der Waals surface area contributed by atoms with Gasteiger partial charge in [0.25, 0.3) is 0 Å². The molecule has 1 aromatic heterocycles.